The molecule has 23 heavy (non-hydrogen) atoms. The lowest BCUT2D eigenvalue weighted by atomic mass is 10.1. The fourth-order valence-corrected chi connectivity index (χ4v) is 2.19. The highest BCUT2D eigenvalue weighted by atomic mass is 16.4. The second-order valence-corrected chi connectivity index (χ2v) is 4.90. The van der Waals surface area contributed by atoms with Crippen molar-refractivity contribution in [1.29, 1.82) is 0 Å². The summed E-state index contributed by atoms with van der Waals surface area (Å²) in [4.78, 5) is 24.2. The van der Waals surface area contributed by atoms with Gasteiger partial charge < -0.3 is 14.6 Å². The highest BCUT2D eigenvalue weighted by molar-refractivity contribution is 6.10. The summed E-state index contributed by atoms with van der Waals surface area (Å²) in [7, 11) is 0. The minimum atomic E-state index is -0.887. The lowest BCUT2D eigenvalue weighted by Crippen LogP contribution is -2.12. The van der Waals surface area contributed by atoms with Crippen LogP contribution in [0.15, 0.2) is 63.8 Å². The van der Waals surface area contributed by atoms with Crippen LogP contribution in [0.4, 0.5) is 0 Å². The normalized spacial score (nSPS) is 11.1. The molecular formula is C18H12O5. The average Bonchev–Trinajstić information content (AvgIpc) is 2.54. The molecular weight excluding hydrogens is 296 g/mol. The number of phenolic OH excluding ortho intramolecular Hbond substituents is 1. The molecule has 0 aliphatic rings. The van der Waals surface area contributed by atoms with Crippen molar-refractivity contribution in [3.63, 3.8) is 0 Å². The summed E-state index contributed by atoms with van der Waals surface area (Å²) < 4.78 is 5.06. The van der Waals surface area contributed by atoms with E-state index < -0.39 is 22.7 Å². The predicted octanol–water partition coefficient (Wildman–Crippen LogP) is 3.10. The van der Waals surface area contributed by atoms with Crippen molar-refractivity contribution in [2.75, 3.05) is 0 Å². The molecule has 3 aromatic rings. The van der Waals surface area contributed by atoms with Crippen molar-refractivity contribution in [3.05, 3.63) is 76.2 Å². The Morgan fingerprint density at radius 3 is 2.43 bits per heavy atom. The molecule has 0 radical (unpaired) electrons. The van der Waals surface area contributed by atoms with Gasteiger partial charge in [0.1, 0.15) is 22.6 Å². The van der Waals surface area contributed by atoms with Crippen molar-refractivity contribution in [3.8, 4) is 11.5 Å². The number of para-hydroxylation sites is 1. The van der Waals surface area contributed by atoms with Crippen LogP contribution in [-0.2, 0) is 0 Å². The Morgan fingerprint density at radius 1 is 1.00 bits per heavy atom. The van der Waals surface area contributed by atoms with Crippen molar-refractivity contribution < 1.29 is 19.4 Å². The minimum Gasteiger partial charge on any atom is -0.508 e. The summed E-state index contributed by atoms with van der Waals surface area (Å²) in [6.45, 7) is 0. The van der Waals surface area contributed by atoms with Gasteiger partial charge >= 0.3 is 5.63 Å². The largest absolute Gasteiger partial charge is 0.508 e. The van der Waals surface area contributed by atoms with Crippen LogP contribution in [0, 0.1) is 0 Å². The summed E-state index contributed by atoms with van der Waals surface area (Å²) in [5.74, 6) is -0.937. The molecule has 0 bridgehead atoms. The van der Waals surface area contributed by atoms with E-state index in [-0.39, 0.29) is 11.3 Å². The monoisotopic (exact) mass is 308 g/mol. The first kappa shape index (κ1) is 14.6. The molecule has 0 saturated heterocycles. The molecule has 2 N–H and O–H groups in total. The maximum atomic E-state index is 12.2. The third-order valence-corrected chi connectivity index (χ3v) is 3.35. The lowest BCUT2D eigenvalue weighted by molar-refractivity contribution is 0.104. The molecule has 114 valence electrons. The number of carbonyl (C=O) groups is 1. The molecule has 1 heterocycles. The molecule has 0 amide bonds. The number of hydrogen-bond donors (Lipinski definition) is 2. The van der Waals surface area contributed by atoms with E-state index in [4.69, 9.17) is 4.42 Å². The summed E-state index contributed by atoms with van der Waals surface area (Å²) in [5, 5.41) is 19.7. The number of ketones is 1. The molecule has 0 atom stereocenters. The van der Waals surface area contributed by atoms with Crippen molar-refractivity contribution >= 4 is 22.8 Å². The van der Waals surface area contributed by atoms with Gasteiger partial charge in [0.25, 0.3) is 0 Å². The SMILES string of the molecule is O=C(C=Cc1ccc(O)cc1)c1c(O)c2ccccc2oc1=O. The number of hydrogen-bond acceptors (Lipinski definition) is 5. The van der Waals surface area contributed by atoms with Gasteiger partial charge in [-0.25, -0.2) is 4.79 Å². The number of rotatable bonds is 3. The van der Waals surface area contributed by atoms with E-state index >= 15 is 0 Å². The van der Waals surface area contributed by atoms with Gasteiger partial charge in [0.15, 0.2) is 5.78 Å². The average molecular weight is 308 g/mol. The third-order valence-electron chi connectivity index (χ3n) is 3.35. The summed E-state index contributed by atoms with van der Waals surface area (Å²) in [6.07, 6.45) is 2.66. The van der Waals surface area contributed by atoms with E-state index in [9.17, 15) is 19.8 Å². The molecule has 0 fully saturated rings. The zero-order valence-corrected chi connectivity index (χ0v) is 11.9. The molecule has 0 aliphatic heterocycles. The topological polar surface area (TPSA) is 87.7 Å². The van der Waals surface area contributed by atoms with Gasteiger partial charge in [0.05, 0.1) is 5.39 Å². The van der Waals surface area contributed by atoms with Crippen LogP contribution in [0.1, 0.15) is 15.9 Å². The molecule has 5 heteroatoms. The van der Waals surface area contributed by atoms with Crippen LogP contribution >= 0.6 is 0 Å². The van der Waals surface area contributed by atoms with Gasteiger partial charge in [-0.1, -0.05) is 30.3 Å². The molecule has 3 rings (SSSR count). The maximum absolute atomic E-state index is 12.2. The first-order valence-corrected chi connectivity index (χ1v) is 6.82. The fourth-order valence-electron chi connectivity index (χ4n) is 2.19. The standard InChI is InChI=1S/C18H12O5/c19-12-8-5-11(6-9-12)7-10-14(20)16-17(21)13-3-1-2-4-15(13)23-18(16)22/h1-10,19,21H. The molecule has 0 aliphatic carbocycles. The van der Waals surface area contributed by atoms with E-state index in [1.54, 1.807) is 30.3 Å². The molecule has 0 spiro atoms. The molecule has 0 saturated carbocycles. The quantitative estimate of drug-likeness (QED) is 0.441. The van der Waals surface area contributed by atoms with Crippen molar-refractivity contribution in [2.24, 2.45) is 0 Å². The van der Waals surface area contributed by atoms with Crippen molar-refractivity contribution in [1.82, 2.24) is 0 Å². The molecule has 1 aromatic heterocycles. The van der Waals surface area contributed by atoms with Gasteiger partial charge in [-0.3, -0.25) is 4.79 Å². The Balaban J connectivity index is 2.01. The zero-order valence-electron chi connectivity index (χ0n) is 11.9. The summed E-state index contributed by atoms with van der Waals surface area (Å²) in [5.41, 5.74) is -0.407. The third kappa shape index (κ3) is 2.85. The van der Waals surface area contributed by atoms with Gasteiger partial charge in [-0.05, 0) is 35.9 Å². The smallest absolute Gasteiger partial charge is 0.351 e. The van der Waals surface area contributed by atoms with Crippen LogP contribution in [0.25, 0.3) is 17.0 Å². The van der Waals surface area contributed by atoms with Crippen LogP contribution in [0.5, 0.6) is 11.5 Å². The van der Waals surface area contributed by atoms with Gasteiger partial charge in [-0.15, -0.1) is 0 Å². The Hall–Kier alpha value is -3.34. The Bertz CT molecular complexity index is 965. The summed E-state index contributed by atoms with van der Waals surface area (Å²) >= 11 is 0. The van der Waals surface area contributed by atoms with Gasteiger partial charge in [0.2, 0.25) is 0 Å². The van der Waals surface area contributed by atoms with Crippen LogP contribution < -0.4 is 5.63 Å². The van der Waals surface area contributed by atoms with E-state index in [1.807, 2.05) is 0 Å². The van der Waals surface area contributed by atoms with E-state index in [0.29, 0.717) is 10.9 Å². The lowest BCUT2D eigenvalue weighted by Gasteiger charge is -2.03. The number of aromatic hydroxyl groups is 2. The first-order valence-electron chi connectivity index (χ1n) is 6.82. The van der Waals surface area contributed by atoms with Crippen LogP contribution in [-0.4, -0.2) is 16.0 Å². The highest BCUT2D eigenvalue weighted by Crippen LogP contribution is 2.26. The van der Waals surface area contributed by atoms with Crippen molar-refractivity contribution in [2.45, 2.75) is 0 Å². The molecule has 0 unspecified atom stereocenters. The van der Waals surface area contributed by atoms with Crippen LogP contribution in [0.3, 0.4) is 0 Å². The summed E-state index contributed by atoms with van der Waals surface area (Å²) in [6, 6.07) is 12.6. The second kappa shape index (κ2) is 5.81. The molecule has 2 aromatic carbocycles. The second-order valence-electron chi connectivity index (χ2n) is 4.90. The first-order chi connectivity index (χ1) is 11.1. The van der Waals surface area contributed by atoms with Crippen LogP contribution in [0.2, 0.25) is 0 Å². The number of phenols is 1. The Morgan fingerprint density at radius 2 is 1.70 bits per heavy atom. The zero-order chi connectivity index (χ0) is 16.4. The number of fused-ring (bicyclic) bond motifs is 1. The highest BCUT2D eigenvalue weighted by Gasteiger charge is 2.18. The number of allylic oxidation sites excluding steroid dienone is 1. The van der Waals surface area contributed by atoms with E-state index in [0.717, 1.165) is 0 Å². The van der Waals surface area contributed by atoms with E-state index in [2.05, 4.69) is 0 Å². The number of carbonyl (C=O) groups excluding carboxylic acids is 1. The Labute approximate surface area is 130 Å². The predicted molar refractivity (Wildman–Crippen MR) is 85.6 cm³/mol. The fraction of sp³-hybridized carbons (Fsp3) is 0. The molecule has 5 nitrogen and oxygen atoms in total. The van der Waals surface area contributed by atoms with E-state index in [1.165, 1.54) is 30.4 Å². The maximum Gasteiger partial charge on any atom is 0.351 e. The van der Waals surface area contributed by atoms with Gasteiger partial charge in [0, 0.05) is 0 Å². The van der Waals surface area contributed by atoms with Gasteiger partial charge in [-0.2, -0.15) is 0 Å². The minimum absolute atomic E-state index is 0.112. The number of benzene rings is 2. The Kier molecular flexibility index (Phi) is 3.68.